The number of rotatable bonds is 3. The Hall–Kier alpha value is -1.35. The molecular formula is C13H15NO2. The Morgan fingerprint density at radius 1 is 1.31 bits per heavy atom. The van der Waals surface area contributed by atoms with E-state index in [-0.39, 0.29) is 6.10 Å². The Morgan fingerprint density at radius 3 is 3.06 bits per heavy atom. The maximum absolute atomic E-state index is 5.32. The molecule has 1 aliphatic carbocycles. The standard InChI is InChI=1S/C13H15NO2/c1-2-6-12-10(4-1)5-3-7-13(12)14-16-9-11-8-15-11/h1-2,4,6,11H,3,5,7-9H2/b14-13-. The van der Waals surface area contributed by atoms with E-state index < -0.39 is 0 Å². The van der Waals surface area contributed by atoms with Gasteiger partial charge in [0.1, 0.15) is 12.7 Å². The number of epoxide rings is 1. The largest absolute Gasteiger partial charge is 0.393 e. The SMILES string of the molecule is c1ccc2c(c1)CCC/C2=N/OCC1CO1. The van der Waals surface area contributed by atoms with Crippen molar-refractivity contribution in [3.8, 4) is 0 Å². The number of ether oxygens (including phenoxy) is 1. The number of nitrogens with zero attached hydrogens (tertiary/aromatic N) is 1. The van der Waals surface area contributed by atoms with Gasteiger partial charge in [-0.3, -0.25) is 0 Å². The number of fused-ring (bicyclic) bond motifs is 1. The summed E-state index contributed by atoms with van der Waals surface area (Å²) < 4.78 is 5.07. The molecule has 1 atom stereocenters. The van der Waals surface area contributed by atoms with E-state index in [0.717, 1.165) is 25.2 Å². The third-order valence-corrected chi connectivity index (χ3v) is 3.03. The van der Waals surface area contributed by atoms with Crippen molar-refractivity contribution >= 4 is 5.71 Å². The zero-order chi connectivity index (χ0) is 10.8. The molecule has 0 amide bonds. The van der Waals surface area contributed by atoms with Crippen LogP contribution in [0.5, 0.6) is 0 Å². The van der Waals surface area contributed by atoms with Gasteiger partial charge in [0.05, 0.1) is 12.3 Å². The summed E-state index contributed by atoms with van der Waals surface area (Å²) in [5.74, 6) is 0. The maximum atomic E-state index is 5.32. The van der Waals surface area contributed by atoms with E-state index in [1.165, 1.54) is 17.5 Å². The van der Waals surface area contributed by atoms with Crippen LogP contribution in [-0.4, -0.2) is 25.0 Å². The number of aryl methyl sites for hydroxylation is 1. The van der Waals surface area contributed by atoms with Gasteiger partial charge in [-0.2, -0.15) is 0 Å². The Labute approximate surface area is 95.1 Å². The highest BCUT2D eigenvalue weighted by atomic mass is 16.7. The lowest BCUT2D eigenvalue weighted by molar-refractivity contribution is 0.124. The van der Waals surface area contributed by atoms with Crippen LogP contribution >= 0.6 is 0 Å². The van der Waals surface area contributed by atoms with Gasteiger partial charge in [0.15, 0.2) is 0 Å². The summed E-state index contributed by atoms with van der Waals surface area (Å²) in [6.45, 7) is 1.41. The molecule has 0 N–H and O–H groups in total. The molecule has 1 aromatic rings. The quantitative estimate of drug-likeness (QED) is 0.574. The Bertz CT molecular complexity index is 410. The van der Waals surface area contributed by atoms with Crippen molar-refractivity contribution < 1.29 is 9.57 Å². The minimum Gasteiger partial charge on any atom is -0.393 e. The van der Waals surface area contributed by atoms with Gasteiger partial charge in [0, 0.05) is 5.56 Å². The molecule has 3 nitrogen and oxygen atoms in total. The normalized spacial score (nSPS) is 25.2. The summed E-state index contributed by atoms with van der Waals surface area (Å²) >= 11 is 0. The van der Waals surface area contributed by atoms with Gasteiger partial charge in [-0.15, -0.1) is 0 Å². The third-order valence-electron chi connectivity index (χ3n) is 3.03. The number of oxime groups is 1. The molecule has 1 unspecified atom stereocenters. The van der Waals surface area contributed by atoms with Gasteiger partial charge in [-0.1, -0.05) is 29.4 Å². The molecule has 0 aromatic heterocycles. The molecule has 0 saturated carbocycles. The number of benzene rings is 1. The van der Waals surface area contributed by atoms with Crippen LogP contribution in [0.2, 0.25) is 0 Å². The van der Waals surface area contributed by atoms with Crippen molar-refractivity contribution in [2.45, 2.75) is 25.4 Å². The lowest BCUT2D eigenvalue weighted by Crippen LogP contribution is -2.12. The van der Waals surface area contributed by atoms with Crippen LogP contribution in [0.4, 0.5) is 0 Å². The molecule has 1 fully saturated rings. The van der Waals surface area contributed by atoms with E-state index in [2.05, 4.69) is 29.4 Å². The van der Waals surface area contributed by atoms with E-state index >= 15 is 0 Å². The van der Waals surface area contributed by atoms with Crippen LogP contribution in [0.25, 0.3) is 0 Å². The first-order valence-electron chi connectivity index (χ1n) is 5.82. The molecule has 0 radical (unpaired) electrons. The fraction of sp³-hybridized carbons (Fsp3) is 0.462. The first kappa shape index (κ1) is 9.85. The Kier molecular flexibility index (Phi) is 2.62. The molecule has 2 aliphatic rings. The lowest BCUT2D eigenvalue weighted by Gasteiger charge is -2.16. The third kappa shape index (κ3) is 2.09. The molecule has 1 heterocycles. The van der Waals surface area contributed by atoms with Crippen molar-refractivity contribution in [3.05, 3.63) is 35.4 Å². The zero-order valence-corrected chi connectivity index (χ0v) is 9.19. The van der Waals surface area contributed by atoms with Gasteiger partial charge in [-0.05, 0) is 24.8 Å². The first-order chi connectivity index (χ1) is 7.93. The molecular weight excluding hydrogens is 202 g/mol. The van der Waals surface area contributed by atoms with E-state index in [0.29, 0.717) is 6.61 Å². The summed E-state index contributed by atoms with van der Waals surface area (Å²) in [7, 11) is 0. The highest BCUT2D eigenvalue weighted by Crippen LogP contribution is 2.21. The topological polar surface area (TPSA) is 34.1 Å². The van der Waals surface area contributed by atoms with Crippen molar-refractivity contribution in [1.82, 2.24) is 0 Å². The molecule has 3 rings (SSSR count). The van der Waals surface area contributed by atoms with Crippen molar-refractivity contribution in [1.29, 1.82) is 0 Å². The summed E-state index contributed by atoms with van der Waals surface area (Å²) in [6, 6.07) is 8.45. The highest BCUT2D eigenvalue weighted by molar-refractivity contribution is 6.02. The molecule has 1 aliphatic heterocycles. The molecule has 1 saturated heterocycles. The van der Waals surface area contributed by atoms with Gasteiger partial charge in [-0.25, -0.2) is 0 Å². The summed E-state index contributed by atoms with van der Waals surface area (Å²) in [5, 5.41) is 4.24. The predicted octanol–water partition coefficient (Wildman–Crippen LogP) is 2.14. The van der Waals surface area contributed by atoms with Crippen LogP contribution in [0, 0.1) is 0 Å². The second-order valence-electron chi connectivity index (χ2n) is 4.30. The monoisotopic (exact) mass is 217 g/mol. The number of hydrogen-bond donors (Lipinski definition) is 0. The van der Waals surface area contributed by atoms with Gasteiger partial charge < -0.3 is 9.57 Å². The Balaban J connectivity index is 1.75. The van der Waals surface area contributed by atoms with Crippen LogP contribution in [0.3, 0.4) is 0 Å². The smallest absolute Gasteiger partial charge is 0.145 e. The first-order valence-corrected chi connectivity index (χ1v) is 5.82. The van der Waals surface area contributed by atoms with E-state index in [1.54, 1.807) is 0 Å². The van der Waals surface area contributed by atoms with Gasteiger partial charge in [0.2, 0.25) is 0 Å². The van der Waals surface area contributed by atoms with Crippen molar-refractivity contribution in [3.63, 3.8) is 0 Å². The van der Waals surface area contributed by atoms with Crippen LogP contribution < -0.4 is 0 Å². The van der Waals surface area contributed by atoms with Crippen LogP contribution in [0.1, 0.15) is 24.0 Å². The molecule has 84 valence electrons. The molecule has 1 aromatic carbocycles. The van der Waals surface area contributed by atoms with E-state index in [9.17, 15) is 0 Å². The second-order valence-corrected chi connectivity index (χ2v) is 4.30. The second kappa shape index (κ2) is 4.26. The average Bonchev–Trinajstić information content (AvgIpc) is 3.13. The average molecular weight is 217 g/mol. The predicted molar refractivity (Wildman–Crippen MR) is 61.6 cm³/mol. The van der Waals surface area contributed by atoms with Gasteiger partial charge in [0.25, 0.3) is 0 Å². The number of hydrogen-bond acceptors (Lipinski definition) is 3. The van der Waals surface area contributed by atoms with E-state index in [4.69, 9.17) is 9.57 Å². The minimum absolute atomic E-state index is 0.281. The molecule has 0 bridgehead atoms. The fourth-order valence-electron chi connectivity index (χ4n) is 2.06. The van der Waals surface area contributed by atoms with Crippen molar-refractivity contribution in [2.24, 2.45) is 5.16 Å². The van der Waals surface area contributed by atoms with Gasteiger partial charge >= 0.3 is 0 Å². The van der Waals surface area contributed by atoms with Crippen LogP contribution in [0.15, 0.2) is 29.4 Å². The fourth-order valence-corrected chi connectivity index (χ4v) is 2.06. The Morgan fingerprint density at radius 2 is 2.19 bits per heavy atom. The summed E-state index contributed by atoms with van der Waals surface area (Å²) in [5.41, 5.74) is 3.73. The lowest BCUT2D eigenvalue weighted by atomic mass is 9.90. The highest BCUT2D eigenvalue weighted by Gasteiger charge is 2.23. The summed E-state index contributed by atoms with van der Waals surface area (Å²) in [6.07, 6.45) is 3.62. The summed E-state index contributed by atoms with van der Waals surface area (Å²) in [4.78, 5) is 5.32. The molecule has 0 spiro atoms. The molecule has 16 heavy (non-hydrogen) atoms. The maximum Gasteiger partial charge on any atom is 0.145 e. The van der Waals surface area contributed by atoms with E-state index in [1.807, 2.05) is 0 Å². The zero-order valence-electron chi connectivity index (χ0n) is 9.19. The molecule has 3 heteroatoms. The minimum atomic E-state index is 0.281. The van der Waals surface area contributed by atoms with Crippen molar-refractivity contribution in [2.75, 3.05) is 13.2 Å². The van der Waals surface area contributed by atoms with Crippen LogP contribution in [-0.2, 0) is 16.0 Å².